The number of methoxy groups -OCH3 is 1. The molecule has 0 atom stereocenters. The van der Waals surface area contributed by atoms with Crippen molar-refractivity contribution < 1.29 is 14.5 Å². The third-order valence-electron chi connectivity index (χ3n) is 2.51. The fraction of sp³-hybridized carbons (Fsp3) is 0.417. The number of nitro groups is 1. The van der Waals surface area contributed by atoms with Crippen molar-refractivity contribution in [3.05, 3.63) is 39.9 Å². The van der Waals surface area contributed by atoms with E-state index in [4.69, 9.17) is 16.3 Å². The number of alkyl halides is 1. The van der Waals surface area contributed by atoms with E-state index in [2.05, 4.69) is 0 Å². The Morgan fingerprint density at radius 2 is 2.21 bits per heavy atom. The van der Waals surface area contributed by atoms with E-state index < -0.39 is 4.92 Å². The lowest BCUT2D eigenvalue weighted by molar-refractivity contribution is -0.384. The van der Waals surface area contributed by atoms with Crippen molar-refractivity contribution in [3.8, 4) is 0 Å². The first kappa shape index (κ1) is 15.4. The van der Waals surface area contributed by atoms with Gasteiger partial charge < -0.3 is 9.64 Å². The van der Waals surface area contributed by atoms with Gasteiger partial charge in [0, 0.05) is 43.8 Å². The second-order valence-corrected chi connectivity index (χ2v) is 4.16. The van der Waals surface area contributed by atoms with Crippen LogP contribution in [0.3, 0.4) is 0 Å². The number of halogens is 1. The zero-order valence-corrected chi connectivity index (χ0v) is 11.3. The van der Waals surface area contributed by atoms with Gasteiger partial charge in [-0.2, -0.15) is 0 Å². The highest BCUT2D eigenvalue weighted by Crippen LogP contribution is 2.14. The van der Waals surface area contributed by atoms with Crippen molar-refractivity contribution >= 4 is 23.2 Å². The van der Waals surface area contributed by atoms with E-state index in [0.717, 1.165) is 0 Å². The molecule has 0 aliphatic carbocycles. The van der Waals surface area contributed by atoms with Crippen molar-refractivity contribution in [1.29, 1.82) is 0 Å². The first-order valence-electron chi connectivity index (χ1n) is 5.68. The molecule has 0 saturated heterocycles. The molecule has 19 heavy (non-hydrogen) atoms. The molecule has 104 valence electrons. The number of benzene rings is 1. The molecule has 0 radical (unpaired) electrons. The molecule has 1 rings (SSSR count). The van der Waals surface area contributed by atoms with Gasteiger partial charge in [-0.15, -0.1) is 11.6 Å². The highest BCUT2D eigenvalue weighted by molar-refractivity contribution is 6.18. The molecular formula is C12H15ClN2O4. The monoisotopic (exact) mass is 286 g/mol. The van der Waals surface area contributed by atoms with Crippen LogP contribution in [0.15, 0.2) is 24.3 Å². The highest BCUT2D eigenvalue weighted by atomic mass is 35.5. The van der Waals surface area contributed by atoms with E-state index in [0.29, 0.717) is 25.6 Å². The maximum absolute atomic E-state index is 12.2. The van der Waals surface area contributed by atoms with E-state index in [-0.39, 0.29) is 17.2 Å². The summed E-state index contributed by atoms with van der Waals surface area (Å²) in [5.74, 6) is 0.00564. The molecule has 0 spiro atoms. The number of carbonyl (C=O) groups is 1. The third kappa shape index (κ3) is 4.50. The van der Waals surface area contributed by atoms with Gasteiger partial charge >= 0.3 is 0 Å². The van der Waals surface area contributed by atoms with Gasteiger partial charge in [0.1, 0.15) is 0 Å². The van der Waals surface area contributed by atoms with Crippen LogP contribution < -0.4 is 0 Å². The zero-order valence-electron chi connectivity index (χ0n) is 10.5. The summed E-state index contributed by atoms with van der Waals surface area (Å²) in [6, 6.07) is 5.64. The molecule has 0 aliphatic heterocycles. The van der Waals surface area contributed by atoms with Gasteiger partial charge in [-0.05, 0) is 6.07 Å². The van der Waals surface area contributed by atoms with Crippen molar-refractivity contribution in [2.24, 2.45) is 0 Å². The first-order chi connectivity index (χ1) is 9.10. The van der Waals surface area contributed by atoms with Gasteiger partial charge in [-0.25, -0.2) is 0 Å². The van der Waals surface area contributed by atoms with Gasteiger partial charge in [0.15, 0.2) is 0 Å². The van der Waals surface area contributed by atoms with Crippen LogP contribution in [0.25, 0.3) is 0 Å². The average molecular weight is 287 g/mol. The minimum absolute atomic E-state index is 0.108. The average Bonchev–Trinajstić information content (AvgIpc) is 2.42. The maximum Gasteiger partial charge on any atom is 0.270 e. The summed E-state index contributed by atoms with van der Waals surface area (Å²) < 4.78 is 4.92. The summed E-state index contributed by atoms with van der Waals surface area (Å²) in [5.41, 5.74) is 0.166. The summed E-state index contributed by atoms with van der Waals surface area (Å²) in [5, 5.41) is 10.7. The molecule has 1 aromatic carbocycles. The second-order valence-electron chi connectivity index (χ2n) is 3.78. The first-order valence-corrected chi connectivity index (χ1v) is 6.22. The van der Waals surface area contributed by atoms with E-state index in [1.54, 1.807) is 6.07 Å². The van der Waals surface area contributed by atoms with Crippen molar-refractivity contribution in [2.45, 2.75) is 0 Å². The SMILES string of the molecule is COCCN(CCCl)C(=O)c1cccc([N+](=O)[O-])c1. The largest absolute Gasteiger partial charge is 0.383 e. The Balaban J connectivity index is 2.88. The Morgan fingerprint density at radius 1 is 1.47 bits per heavy atom. The smallest absolute Gasteiger partial charge is 0.270 e. The van der Waals surface area contributed by atoms with Crippen LogP contribution >= 0.6 is 11.6 Å². The second kappa shape index (κ2) is 7.70. The molecule has 7 heteroatoms. The van der Waals surface area contributed by atoms with Crippen LogP contribution in [0.1, 0.15) is 10.4 Å². The number of nitro benzene ring substituents is 1. The van der Waals surface area contributed by atoms with Crippen LogP contribution in [0.4, 0.5) is 5.69 Å². The van der Waals surface area contributed by atoms with E-state index >= 15 is 0 Å². The molecule has 1 amide bonds. The number of nitrogens with zero attached hydrogens (tertiary/aromatic N) is 2. The van der Waals surface area contributed by atoms with Crippen LogP contribution in [0.2, 0.25) is 0 Å². The normalized spacial score (nSPS) is 10.2. The van der Waals surface area contributed by atoms with E-state index in [1.165, 1.54) is 30.2 Å². The summed E-state index contributed by atoms with van der Waals surface area (Å²) in [4.78, 5) is 23.9. The van der Waals surface area contributed by atoms with Crippen molar-refractivity contribution in [2.75, 3.05) is 32.7 Å². The number of amides is 1. The Morgan fingerprint density at radius 3 is 2.79 bits per heavy atom. The molecule has 0 fully saturated rings. The van der Waals surface area contributed by atoms with E-state index in [9.17, 15) is 14.9 Å². The zero-order chi connectivity index (χ0) is 14.3. The molecule has 0 heterocycles. The number of carbonyl (C=O) groups excluding carboxylic acids is 1. The number of hydrogen-bond donors (Lipinski definition) is 0. The van der Waals surface area contributed by atoms with Crippen LogP contribution in [-0.2, 0) is 4.74 Å². The van der Waals surface area contributed by atoms with Crippen LogP contribution in [0.5, 0.6) is 0 Å². The summed E-state index contributed by atoms with van der Waals surface area (Å²) >= 11 is 5.65. The lowest BCUT2D eigenvalue weighted by Gasteiger charge is -2.21. The summed E-state index contributed by atoms with van der Waals surface area (Å²) in [7, 11) is 1.54. The Labute approximate surface area is 116 Å². The summed E-state index contributed by atoms with van der Waals surface area (Å²) in [6.45, 7) is 1.15. The predicted octanol–water partition coefficient (Wildman–Crippen LogP) is 1.92. The Kier molecular flexibility index (Phi) is 6.24. The fourth-order valence-electron chi connectivity index (χ4n) is 1.55. The predicted molar refractivity (Wildman–Crippen MR) is 71.6 cm³/mol. The molecule has 0 N–H and O–H groups in total. The van der Waals surface area contributed by atoms with Crippen LogP contribution in [0, 0.1) is 10.1 Å². The summed E-state index contributed by atoms with van der Waals surface area (Å²) in [6.07, 6.45) is 0. The molecule has 1 aromatic rings. The minimum atomic E-state index is -0.530. The minimum Gasteiger partial charge on any atom is -0.383 e. The molecule has 0 unspecified atom stereocenters. The quantitative estimate of drug-likeness (QED) is 0.436. The highest BCUT2D eigenvalue weighted by Gasteiger charge is 2.17. The van der Waals surface area contributed by atoms with E-state index in [1.807, 2.05) is 0 Å². The van der Waals surface area contributed by atoms with Gasteiger partial charge in [0.25, 0.3) is 11.6 Å². The van der Waals surface area contributed by atoms with Crippen LogP contribution in [-0.4, -0.2) is 48.4 Å². The van der Waals surface area contributed by atoms with Gasteiger partial charge in [0.2, 0.25) is 0 Å². The van der Waals surface area contributed by atoms with Crippen molar-refractivity contribution in [3.63, 3.8) is 0 Å². The van der Waals surface area contributed by atoms with Crippen molar-refractivity contribution in [1.82, 2.24) is 4.90 Å². The van der Waals surface area contributed by atoms with Gasteiger partial charge in [-0.1, -0.05) is 6.07 Å². The molecule has 0 aromatic heterocycles. The number of rotatable bonds is 7. The molecule has 0 saturated carbocycles. The topological polar surface area (TPSA) is 72.7 Å². The number of hydrogen-bond acceptors (Lipinski definition) is 4. The lowest BCUT2D eigenvalue weighted by Crippen LogP contribution is -2.35. The van der Waals surface area contributed by atoms with Gasteiger partial charge in [-0.3, -0.25) is 14.9 Å². The molecule has 0 aliphatic rings. The standard InChI is InChI=1S/C12H15ClN2O4/c1-19-8-7-14(6-5-13)12(16)10-3-2-4-11(9-10)15(17)18/h2-4,9H,5-8H2,1H3. The maximum atomic E-state index is 12.2. The molecule has 6 nitrogen and oxygen atoms in total. The fourth-order valence-corrected chi connectivity index (χ4v) is 1.76. The molecular weight excluding hydrogens is 272 g/mol. The Bertz CT molecular complexity index is 453. The molecule has 0 bridgehead atoms. The Hall–Kier alpha value is -1.66. The third-order valence-corrected chi connectivity index (χ3v) is 2.68. The number of ether oxygens (including phenoxy) is 1. The lowest BCUT2D eigenvalue weighted by atomic mass is 10.1. The number of non-ortho nitro benzene ring substituents is 1. The van der Waals surface area contributed by atoms with Gasteiger partial charge in [0.05, 0.1) is 11.5 Å².